The summed E-state index contributed by atoms with van der Waals surface area (Å²) < 4.78 is 28.0. The molecular formula is C17H18N2O3S2. The van der Waals surface area contributed by atoms with Crippen molar-refractivity contribution in [3.8, 4) is 0 Å². The molecule has 0 aromatic heterocycles. The van der Waals surface area contributed by atoms with Crippen LogP contribution in [-0.4, -0.2) is 20.1 Å². The Bertz CT molecular complexity index is 894. The SMILES string of the molecule is Cc1ccc(C)c(S(=O)(=O)Nc2cccc(C3NC(=O)CS3)c2)c1. The molecule has 1 saturated heterocycles. The van der Waals surface area contributed by atoms with Gasteiger partial charge in [-0.3, -0.25) is 9.52 Å². The van der Waals surface area contributed by atoms with Crippen LogP contribution >= 0.6 is 11.8 Å². The first-order valence-electron chi connectivity index (χ1n) is 7.46. The zero-order chi connectivity index (χ0) is 17.3. The van der Waals surface area contributed by atoms with Crippen LogP contribution < -0.4 is 10.0 Å². The standard InChI is InChI=1S/C17H18N2O3S2/c1-11-6-7-12(2)15(8-11)24(21,22)19-14-5-3-4-13(9-14)17-18-16(20)10-23-17/h3-9,17,19H,10H2,1-2H3,(H,18,20). The normalized spacial score (nSPS) is 17.6. The first-order chi connectivity index (χ1) is 11.3. The fourth-order valence-corrected chi connectivity index (χ4v) is 4.88. The molecule has 1 unspecified atom stereocenters. The predicted molar refractivity (Wildman–Crippen MR) is 96.5 cm³/mol. The summed E-state index contributed by atoms with van der Waals surface area (Å²) in [6.07, 6.45) is 0. The number of sulfonamides is 1. The maximum Gasteiger partial charge on any atom is 0.262 e. The molecule has 2 aromatic rings. The van der Waals surface area contributed by atoms with E-state index in [2.05, 4.69) is 10.0 Å². The average molecular weight is 362 g/mol. The largest absolute Gasteiger partial charge is 0.339 e. The van der Waals surface area contributed by atoms with E-state index in [4.69, 9.17) is 0 Å². The van der Waals surface area contributed by atoms with E-state index in [1.807, 2.05) is 19.1 Å². The molecule has 24 heavy (non-hydrogen) atoms. The Hall–Kier alpha value is -1.99. The summed E-state index contributed by atoms with van der Waals surface area (Å²) in [5.74, 6) is 0.412. The van der Waals surface area contributed by atoms with E-state index in [1.165, 1.54) is 11.8 Å². The number of hydrogen-bond donors (Lipinski definition) is 2. The van der Waals surface area contributed by atoms with Crippen LogP contribution in [0.1, 0.15) is 22.1 Å². The highest BCUT2D eigenvalue weighted by molar-refractivity contribution is 8.00. The number of benzene rings is 2. The minimum Gasteiger partial charge on any atom is -0.339 e. The third-order valence-corrected chi connectivity index (χ3v) is 6.42. The van der Waals surface area contributed by atoms with Crippen molar-refractivity contribution in [3.63, 3.8) is 0 Å². The van der Waals surface area contributed by atoms with Crippen molar-refractivity contribution in [2.75, 3.05) is 10.5 Å². The molecular weight excluding hydrogens is 344 g/mol. The highest BCUT2D eigenvalue weighted by Gasteiger charge is 2.23. The molecule has 0 spiro atoms. The third-order valence-electron chi connectivity index (χ3n) is 3.75. The lowest BCUT2D eigenvalue weighted by Gasteiger charge is -2.14. The highest BCUT2D eigenvalue weighted by atomic mass is 32.2. The molecule has 0 saturated carbocycles. The second-order valence-electron chi connectivity index (χ2n) is 5.76. The van der Waals surface area contributed by atoms with E-state index in [-0.39, 0.29) is 16.2 Å². The van der Waals surface area contributed by atoms with E-state index < -0.39 is 10.0 Å². The van der Waals surface area contributed by atoms with Crippen LogP contribution in [0.2, 0.25) is 0 Å². The van der Waals surface area contributed by atoms with Gasteiger partial charge in [-0.2, -0.15) is 0 Å². The summed E-state index contributed by atoms with van der Waals surface area (Å²) >= 11 is 1.49. The molecule has 7 heteroatoms. The molecule has 0 bridgehead atoms. The summed E-state index contributed by atoms with van der Waals surface area (Å²) in [6.45, 7) is 3.63. The van der Waals surface area contributed by atoms with Crippen molar-refractivity contribution in [1.29, 1.82) is 0 Å². The fraction of sp³-hybridized carbons (Fsp3) is 0.235. The number of amides is 1. The van der Waals surface area contributed by atoms with E-state index in [1.54, 1.807) is 37.3 Å². The van der Waals surface area contributed by atoms with Crippen LogP contribution in [0.4, 0.5) is 5.69 Å². The highest BCUT2D eigenvalue weighted by Crippen LogP contribution is 2.32. The van der Waals surface area contributed by atoms with Crippen molar-refractivity contribution in [1.82, 2.24) is 5.32 Å². The van der Waals surface area contributed by atoms with Gasteiger partial charge >= 0.3 is 0 Å². The molecule has 1 aliphatic rings. The number of rotatable bonds is 4. The van der Waals surface area contributed by atoms with Crippen LogP contribution in [0.15, 0.2) is 47.4 Å². The van der Waals surface area contributed by atoms with Gasteiger partial charge in [0.05, 0.1) is 10.6 Å². The van der Waals surface area contributed by atoms with Gasteiger partial charge in [-0.1, -0.05) is 24.3 Å². The van der Waals surface area contributed by atoms with Crippen LogP contribution in [-0.2, 0) is 14.8 Å². The number of anilines is 1. The molecule has 1 heterocycles. The number of carbonyl (C=O) groups excluding carboxylic acids is 1. The molecule has 3 rings (SSSR count). The minimum atomic E-state index is -3.66. The molecule has 1 fully saturated rings. The molecule has 1 amide bonds. The Morgan fingerprint density at radius 3 is 2.67 bits per heavy atom. The molecule has 1 aliphatic heterocycles. The first kappa shape index (κ1) is 16.9. The van der Waals surface area contributed by atoms with E-state index in [9.17, 15) is 13.2 Å². The smallest absolute Gasteiger partial charge is 0.262 e. The molecule has 0 radical (unpaired) electrons. The Morgan fingerprint density at radius 2 is 1.96 bits per heavy atom. The van der Waals surface area contributed by atoms with Gasteiger partial charge in [0.1, 0.15) is 5.37 Å². The predicted octanol–water partition coefficient (Wildman–Crippen LogP) is 2.97. The molecule has 0 aliphatic carbocycles. The maximum atomic E-state index is 12.7. The van der Waals surface area contributed by atoms with Gasteiger partial charge in [0.15, 0.2) is 0 Å². The van der Waals surface area contributed by atoms with Crippen molar-refractivity contribution >= 4 is 33.4 Å². The number of aryl methyl sites for hydroxylation is 2. The van der Waals surface area contributed by atoms with Crippen molar-refractivity contribution in [2.24, 2.45) is 0 Å². The molecule has 126 valence electrons. The van der Waals surface area contributed by atoms with Crippen molar-refractivity contribution in [3.05, 3.63) is 59.2 Å². The summed E-state index contributed by atoms with van der Waals surface area (Å²) in [6, 6.07) is 12.5. The van der Waals surface area contributed by atoms with Crippen molar-refractivity contribution in [2.45, 2.75) is 24.1 Å². The third kappa shape index (κ3) is 3.57. The summed E-state index contributed by atoms with van der Waals surface area (Å²) in [4.78, 5) is 11.6. The Kier molecular flexibility index (Phi) is 4.56. The van der Waals surface area contributed by atoms with Gasteiger partial charge in [-0.15, -0.1) is 11.8 Å². The molecule has 5 nitrogen and oxygen atoms in total. The summed E-state index contributed by atoms with van der Waals surface area (Å²) in [5, 5.41) is 2.72. The van der Waals surface area contributed by atoms with Crippen LogP contribution in [0.5, 0.6) is 0 Å². The quantitative estimate of drug-likeness (QED) is 0.877. The van der Waals surface area contributed by atoms with Crippen LogP contribution in [0, 0.1) is 13.8 Å². The van der Waals surface area contributed by atoms with Gasteiger partial charge in [0, 0.05) is 5.69 Å². The zero-order valence-electron chi connectivity index (χ0n) is 13.4. The van der Waals surface area contributed by atoms with E-state index in [0.717, 1.165) is 11.1 Å². The number of hydrogen-bond acceptors (Lipinski definition) is 4. The summed E-state index contributed by atoms with van der Waals surface area (Å²) in [5.41, 5.74) is 2.94. The number of nitrogens with one attached hydrogen (secondary N) is 2. The Morgan fingerprint density at radius 1 is 1.17 bits per heavy atom. The van der Waals surface area contributed by atoms with Crippen LogP contribution in [0.25, 0.3) is 0 Å². The Labute approximate surface area is 145 Å². The first-order valence-corrected chi connectivity index (χ1v) is 9.99. The fourth-order valence-electron chi connectivity index (χ4n) is 2.54. The minimum absolute atomic E-state index is 0.00799. The van der Waals surface area contributed by atoms with Gasteiger partial charge in [-0.05, 0) is 48.7 Å². The second kappa shape index (κ2) is 6.49. The number of carbonyl (C=O) groups is 1. The van der Waals surface area contributed by atoms with Crippen LogP contribution in [0.3, 0.4) is 0 Å². The molecule has 1 atom stereocenters. The van der Waals surface area contributed by atoms with Gasteiger partial charge in [-0.25, -0.2) is 8.42 Å². The number of thioether (sulfide) groups is 1. The van der Waals surface area contributed by atoms with Gasteiger partial charge in [0.25, 0.3) is 10.0 Å². The average Bonchev–Trinajstić information content (AvgIpc) is 2.96. The topological polar surface area (TPSA) is 75.3 Å². The molecule has 2 aromatic carbocycles. The van der Waals surface area contributed by atoms with E-state index in [0.29, 0.717) is 17.0 Å². The summed E-state index contributed by atoms with van der Waals surface area (Å²) in [7, 11) is -3.66. The maximum absolute atomic E-state index is 12.7. The lowest BCUT2D eigenvalue weighted by molar-refractivity contribution is -0.118. The molecule has 2 N–H and O–H groups in total. The van der Waals surface area contributed by atoms with Gasteiger partial charge in [0.2, 0.25) is 5.91 Å². The Balaban J connectivity index is 1.88. The lowest BCUT2D eigenvalue weighted by atomic mass is 10.2. The van der Waals surface area contributed by atoms with Gasteiger partial charge < -0.3 is 5.32 Å². The van der Waals surface area contributed by atoms with Crippen molar-refractivity contribution < 1.29 is 13.2 Å². The second-order valence-corrected chi connectivity index (χ2v) is 8.50. The zero-order valence-corrected chi connectivity index (χ0v) is 15.0. The monoisotopic (exact) mass is 362 g/mol. The van der Waals surface area contributed by atoms with E-state index >= 15 is 0 Å². The lowest BCUT2D eigenvalue weighted by Crippen LogP contribution is -2.19.